The Balaban J connectivity index is 1.72. The van der Waals surface area contributed by atoms with Crippen LogP contribution < -0.4 is 20.1 Å². The normalized spacial score (nSPS) is 10.7. The third-order valence-electron chi connectivity index (χ3n) is 4.72. The number of nitrogens with zero attached hydrogens (tertiary/aromatic N) is 1. The molecule has 35 heavy (non-hydrogen) atoms. The Hall–Kier alpha value is -4.28. The zero-order valence-electron chi connectivity index (χ0n) is 19.3. The van der Waals surface area contributed by atoms with E-state index in [1.807, 2.05) is 38.1 Å². The second-order valence-electron chi connectivity index (χ2n) is 7.47. The van der Waals surface area contributed by atoms with Crippen LogP contribution in [0.1, 0.15) is 18.1 Å². The molecule has 0 spiro atoms. The van der Waals surface area contributed by atoms with Crippen LogP contribution in [0.4, 0.5) is 11.4 Å². The lowest BCUT2D eigenvalue weighted by Crippen LogP contribution is -2.20. The first kappa shape index (κ1) is 25.3. The van der Waals surface area contributed by atoms with Crippen molar-refractivity contribution in [1.82, 2.24) is 0 Å². The van der Waals surface area contributed by atoms with Gasteiger partial charge in [-0.25, -0.2) is 0 Å². The average Bonchev–Trinajstić information content (AvgIpc) is 2.83. The quantitative estimate of drug-likeness (QED) is 0.300. The van der Waals surface area contributed by atoms with Gasteiger partial charge in [-0.1, -0.05) is 23.7 Å². The SMILES string of the molecule is CCOc1ccc(NC(=O)/C(C#N)=C/c2cc(Cl)ccc2OCC(=O)Nc2cccc(C)c2)cc1. The zero-order valence-corrected chi connectivity index (χ0v) is 20.1. The van der Waals surface area contributed by atoms with Gasteiger partial charge in [0.05, 0.1) is 6.61 Å². The second-order valence-corrected chi connectivity index (χ2v) is 7.91. The van der Waals surface area contributed by atoms with Gasteiger partial charge >= 0.3 is 0 Å². The number of hydrogen-bond donors (Lipinski definition) is 2. The number of carbonyl (C=O) groups excluding carboxylic acids is 2. The van der Waals surface area contributed by atoms with E-state index in [1.54, 1.807) is 48.5 Å². The molecule has 3 rings (SSSR count). The summed E-state index contributed by atoms with van der Waals surface area (Å²) in [6.45, 7) is 4.07. The summed E-state index contributed by atoms with van der Waals surface area (Å²) in [4.78, 5) is 25.0. The van der Waals surface area contributed by atoms with Gasteiger partial charge in [-0.15, -0.1) is 0 Å². The number of rotatable bonds is 9. The van der Waals surface area contributed by atoms with Crippen molar-refractivity contribution in [2.75, 3.05) is 23.8 Å². The van der Waals surface area contributed by atoms with Crippen LogP contribution in [0.2, 0.25) is 5.02 Å². The standard InChI is InChI=1S/C27H24ClN3O4/c1-3-34-24-10-8-22(9-11-24)31-27(33)20(16-29)14-19-15-21(28)7-12-25(19)35-17-26(32)30-23-6-4-5-18(2)13-23/h4-15H,3,17H2,1-2H3,(H,30,32)(H,31,33)/b20-14+. The number of nitrogens with one attached hydrogen (secondary N) is 2. The summed E-state index contributed by atoms with van der Waals surface area (Å²) in [5.74, 6) is 0.0260. The van der Waals surface area contributed by atoms with Crippen LogP contribution >= 0.6 is 11.6 Å². The van der Waals surface area contributed by atoms with E-state index in [1.165, 1.54) is 6.08 Å². The summed E-state index contributed by atoms with van der Waals surface area (Å²) in [5, 5.41) is 15.4. The van der Waals surface area contributed by atoms with Gasteiger partial charge in [0.25, 0.3) is 11.8 Å². The van der Waals surface area contributed by atoms with Gasteiger partial charge in [0.15, 0.2) is 6.61 Å². The summed E-state index contributed by atoms with van der Waals surface area (Å²) in [6, 6.07) is 20.8. The van der Waals surface area contributed by atoms with Gasteiger partial charge in [-0.05, 0) is 80.1 Å². The number of benzene rings is 3. The molecule has 0 aliphatic heterocycles. The van der Waals surface area contributed by atoms with Gasteiger partial charge in [0.2, 0.25) is 0 Å². The van der Waals surface area contributed by atoms with E-state index < -0.39 is 5.91 Å². The van der Waals surface area contributed by atoms with Crippen LogP contribution in [0.5, 0.6) is 11.5 Å². The molecule has 178 valence electrons. The highest BCUT2D eigenvalue weighted by atomic mass is 35.5. The molecule has 0 unspecified atom stereocenters. The lowest BCUT2D eigenvalue weighted by atomic mass is 10.1. The molecular weight excluding hydrogens is 466 g/mol. The van der Waals surface area contributed by atoms with Crippen molar-refractivity contribution in [2.24, 2.45) is 0 Å². The molecule has 2 N–H and O–H groups in total. The monoisotopic (exact) mass is 489 g/mol. The minimum Gasteiger partial charge on any atom is -0.494 e. The molecule has 0 heterocycles. The van der Waals surface area contributed by atoms with Crippen molar-refractivity contribution in [3.8, 4) is 17.6 Å². The fraction of sp³-hybridized carbons (Fsp3) is 0.148. The molecule has 7 nitrogen and oxygen atoms in total. The fourth-order valence-corrected chi connectivity index (χ4v) is 3.31. The zero-order chi connectivity index (χ0) is 25.2. The Morgan fingerprint density at radius 2 is 1.77 bits per heavy atom. The number of ether oxygens (including phenoxy) is 2. The third-order valence-corrected chi connectivity index (χ3v) is 4.96. The van der Waals surface area contributed by atoms with Gasteiger partial charge in [0, 0.05) is 22.0 Å². The van der Waals surface area contributed by atoms with Gasteiger partial charge in [-0.3, -0.25) is 9.59 Å². The first-order valence-corrected chi connectivity index (χ1v) is 11.2. The number of aryl methyl sites for hydroxylation is 1. The number of nitriles is 1. The van der Waals surface area contributed by atoms with E-state index in [9.17, 15) is 14.9 Å². The molecule has 0 bridgehead atoms. The Labute approximate surface area is 208 Å². The highest BCUT2D eigenvalue weighted by molar-refractivity contribution is 6.30. The largest absolute Gasteiger partial charge is 0.494 e. The molecular formula is C27H24ClN3O4. The molecule has 3 aromatic rings. The lowest BCUT2D eigenvalue weighted by Gasteiger charge is -2.11. The predicted octanol–water partition coefficient (Wildman–Crippen LogP) is 5.61. The fourth-order valence-electron chi connectivity index (χ4n) is 3.13. The van der Waals surface area contributed by atoms with Crippen LogP contribution in [0.25, 0.3) is 6.08 Å². The first-order valence-electron chi connectivity index (χ1n) is 10.8. The van der Waals surface area contributed by atoms with E-state index in [4.69, 9.17) is 21.1 Å². The summed E-state index contributed by atoms with van der Waals surface area (Å²) in [7, 11) is 0. The maximum absolute atomic E-state index is 12.7. The van der Waals surface area contributed by atoms with E-state index >= 15 is 0 Å². The van der Waals surface area contributed by atoms with Crippen LogP contribution in [0, 0.1) is 18.3 Å². The third kappa shape index (κ3) is 7.63. The highest BCUT2D eigenvalue weighted by Crippen LogP contribution is 2.26. The Morgan fingerprint density at radius 3 is 2.46 bits per heavy atom. The number of carbonyl (C=O) groups is 2. The molecule has 0 aliphatic rings. The second kappa shape index (κ2) is 12.3. The minimum atomic E-state index is -0.597. The van der Waals surface area contributed by atoms with Crippen LogP contribution in [0.15, 0.2) is 72.3 Å². The van der Waals surface area contributed by atoms with Gasteiger partial charge < -0.3 is 20.1 Å². The molecule has 0 radical (unpaired) electrons. The molecule has 0 saturated heterocycles. The van der Waals surface area contributed by atoms with Crippen molar-refractivity contribution < 1.29 is 19.1 Å². The van der Waals surface area contributed by atoms with E-state index in [0.717, 1.165) is 5.56 Å². The van der Waals surface area contributed by atoms with Crippen molar-refractivity contribution in [1.29, 1.82) is 5.26 Å². The topological polar surface area (TPSA) is 100 Å². The first-order chi connectivity index (χ1) is 16.9. The van der Waals surface area contributed by atoms with Crippen LogP contribution in [0.3, 0.4) is 0 Å². The number of anilines is 2. The summed E-state index contributed by atoms with van der Waals surface area (Å²) in [6.07, 6.45) is 1.36. The summed E-state index contributed by atoms with van der Waals surface area (Å²) in [5.41, 5.74) is 2.42. The highest BCUT2D eigenvalue weighted by Gasteiger charge is 2.13. The lowest BCUT2D eigenvalue weighted by molar-refractivity contribution is -0.118. The maximum Gasteiger partial charge on any atom is 0.266 e. The number of halogens is 1. The average molecular weight is 490 g/mol. The predicted molar refractivity (Wildman–Crippen MR) is 137 cm³/mol. The Morgan fingerprint density at radius 1 is 1.00 bits per heavy atom. The van der Waals surface area contributed by atoms with E-state index in [2.05, 4.69) is 10.6 Å². The van der Waals surface area contributed by atoms with Crippen molar-refractivity contribution >= 4 is 40.9 Å². The number of hydrogen-bond acceptors (Lipinski definition) is 5. The molecule has 3 aromatic carbocycles. The molecule has 0 fully saturated rings. The molecule has 0 aliphatic carbocycles. The smallest absolute Gasteiger partial charge is 0.266 e. The van der Waals surface area contributed by atoms with Gasteiger partial charge in [0.1, 0.15) is 23.1 Å². The minimum absolute atomic E-state index is 0.157. The molecule has 2 amide bonds. The number of amides is 2. The molecule has 8 heteroatoms. The van der Waals surface area contributed by atoms with E-state index in [-0.39, 0.29) is 18.1 Å². The molecule has 0 atom stereocenters. The van der Waals surface area contributed by atoms with Crippen LogP contribution in [-0.2, 0) is 9.59 Å². The van der Waals surface area contributed by atoms with Gasteiger partial charge in [-0.2, -0.15) is 5.26 Å². The molecule has 0 aromatic heterocycles. The Kier molecular flexibility index (Phi) is 8.88. The molecule has 0 saturated carbocycles. The summed E-state index contributed by atoms with van der Waals surface area (Å²) < 4.78 is 11.1. The maximum atomic E-state index is 12.7. The van der Waals surface area contributed by atoms with E-state index in [0.29, 0.717) is 40.1 Å². The van der Waals surface area contributed by atoms with Crippen molar-refractivity contribution in [3.05, 3.63) is 88.5 Å². The summed E-state index contributed by atoms with van der Waals surface area (Å²) >= 11 is 6.12. The Bertz CT molecular complexity index is 1280. The van der Waals surface area contributed by atoms with Crippen molar-refractivity contribution in [2.45, 2.75) is 13.8 Å². The van der Waals surface area contributed by atoms with Crippen LogP contribution in [-0.4, -0.2) is 25.0 Å². The van der Waals surface area contributed by atoms with Crippen molar-refractivity contribution in [3.63, 3.8) is 0 Å².